The highest BCUT2D eigenvalue weighted by Gasteiger charge is 2.39. The normalized spacial score (nSPS) is 27.3. The summed E-state index contributed by atoms with van der Waals surface area (Å²) in [6.07, 6.45) is 5.92. The Morgan fingerprint density at radius 3 is 2.32 bits per heavy atom. The zero-order valence-electron chi connectivity index (χ0n) is 11.3. The summed E-state index contributed by atoms with van der Waals surface area (Å²) in [5.41, 5.74) is 0. The molecule has 110 valence electrons. The first kappa shape index (κ1) is 14.8. The molecule has 1 heterocycles. The SMILES string of the molecule is O=C(C1CCCCS1(=O)=O)N(CCO)C1CCCC1. The Labute approximate surface area is 114 Å². The van der Waals surface area contributed by atoms with E-state index in [1.165, 1.54) is 0 Å². The molecule has 5 nitrogen and oxygen atoms in total. The van der Waals surface area contributed by atoms with E-state index >= 15 is 0 Å². The molecule has 1 atom stereocenters. The van der Waals surface area contributed by atoms with Crippen molar-refractivity contribution in [1.82, 2.24) is 4.90 Å². The van der Waals surface area contributed by atoms with Crippen LogP contribution in [0.3, 0.4) is 0 Å². The van der Waals surface area contributed by atoms with Crippen molar-refractivity contribution < 1.29 is 18.3 Å². The van der Waals surface area contributed by atoms with Gasteiger partial charge in [0.2, 0.25) is 5.91 Å². The molecule has 1 N–H and O–H groups in total. The van der Waals surface area contributed by atoms with Gasteiger partial charge >= 0.3 is 0 Å². The van der Waals surface area contributed by atoms with Crippen molar-refractivity contribution in [3.63, 3.8) is 0 Å². The number of rotatable bonds is 4. The molecule has 1 saturated heterocycles. The van der Waals surface area contributed by atoms with Crippen LogP contribution in [-0.2, 0) is 14.6 Å². The molecule has 0 aromatic carbocycles. The Bertz CT molecular complexity index is 414. The van der Waals surface area contributed by atoms with Gasteiger partial charge in [-0.05, 0) is 25.7 Å². The van der Waals surface area contributed by atoms with E-state index in [1.807, 2.05) is 0 Å². The number of hydrogen-bond acceptors (Lipinski definition) is 4. The Balaban J connectivity index is 2.13. The van der Waals surface area contributed by atoms with E-state index in [1.54, 1.807) is 4.90 Å². The zero-order chi connectivity index (χ0) is 13.9. The van der Waals surface area contributed by atoms with Crippen LogP contribution in [0.1, 0.15) is 44.9 Å². The van der Waals surface area contributed by atoms with Gasteiger partial charge < -0.3 is 10.0 Å². The molecule has 0 aromatic heterocycles. The second-order valence-corrected chi connectivity index (χ2v) is 7.85. The van der Waals surface area contributed by atoms with Crippen LogP contribution in [0.15, 0.2) is 0 Å². The molecule has 1 aliphatic carbocycles. The molecule has 1 amide bonds. The van der Waals surface area contributed by atoms with Gasteiger partial charge in [-0.2, -0.15) is 0 Å². The molecule has 1 aliphatic heterocycles. The fourth-order valence-electron chi connectivity index (χ4n) is 3.21. The van der Waals surface area contributed by atoms with Crippen LogP contribution in [0.25, 0.3) is 0 Å². The van der Waals surface area contributed by atoms with Crippen LogP contribution in [0.4, 0.5) is 0 Å². The molecule has 2 aliphatic rings. The third-order valence-electron chi connectivity index (χ3n) is 4.24. The third-order valence-corrected chi connectivity index (χ3v) is 6.41. The lowest BCUT2D eigenvalue weighted by atomic mass is 10.1. The fraction of sp³-hybridized carbons (Fsp3) is 0.923. The molecule has 0 bridgehead atoms. The summed E-state index contributed by atoms with van der Waals surface area (Å²) in [5, 5.41) is 8.26. The molecule has 2 rings (SSSR count). The number of sulfone groups is 1. The number of amides is 1. The molecule has 0 spiro atoms. The highest BCUT2D eigenvalue weighted by atomic mass is 32.2. The minimum absolute atomic E-state index is 0.102. The lowest BCUT2D eigenvalue weighted by Gasteiger charge is -2.33. The van der Waals surface area contributed by atoms with Crippen LogP contribution in [-0.4, -0.2) is 54.5 Å². The van der Waals surface area contributed by atoms with Gasteiger partial charge in [-0.3, -0.25) is 4.79 Å². The van der Waals surface area contributed by atoms with Gasteiger partial charge in [0.05, 0.1) is 12.4 Å². The molecule has 0 aromatic rings. The first-order valence-corrected chi connectivity index (χ1v) is 8.90. The van der Waals surface area contributed by atoms with Gasteiger partial charge in [-0.25, -0.2) is 8.42 Å². The lowest BCUT2D eigenvalue weighted by Crippen LogP contribution is -2.49. The second kappa shape index (κ2) is 6.22. The first-order chi connectivity index (χ1) is 9.06. The van der Waals surface area contributed by atoms with Crippen molar-refractivity contribution in [2.45, 2.75) is 56.2 Å². The van der Waals surface area contributed by atoms with E-state index in [2.05, 4.69) is 0 Å². The van der Waals surface area contributed by atoms with Crippen molar-refractivity contribution in [3.05, 3.63) is 0 Å². The quantitative estimate of drug-likeness (QED) is 0.827. The molecule has 0 radical (unpaired) electrons. The average molecular weight is 289 g/mol. The Morgan fingerprint density at radius 1 is 1.11 bits per heavy atom. The maximum absolute atomic E-state index is 12.5. The summed E-state index contributed by atoms with van der Waals surface area (Å²) in [5.74, 6) is -0.151. The van der Waals surface area contributed by atoms with Gasteiger partial charge in [0, 0.05) is 12.6 Å². The van der Waals surface area contributed by atoms with Crippen molar-refractivity contribution >= 4 is 15.7 Å². The third kappa shape index (κ3) is 3.28. The Morgan fingerprint density at radius 2 is 1.74 bits per heavy atom. The summed E-state index contributed by atoms with van der Waals surface area (Å²) in [7, 11) is -3.29. The lowest BCUT2D eigenvalue weighted by molar-refractivity contribution is -0.133. The van der Waals surface area contributed by atoms with E-state index in [0.29, 0.717) is 12.8 Å². The van der Waals surface area contributed by atoms with Gasteiger partial charge in [0.1, 0.15) is 5.25 Å². The van der Waals surface area contributed by atoms with E-state index in [0.717, 1.165) is 32.1 Å². The first-order valence-electron chi connectivity index (χ1n) is 7.19. The molecular formula is C13H23NO4S. The van der Waals surface area contributed by atoms with Crippen LogP contribution in [0.2, 0.25) is 0 Å². The molecule has 2 fully saturated rings. The summed E-state index contributed by atoms with van der Waals surface area (Å²) < 4.78 is 24.1. The maximum Gasteiger partial charge on any atom is 0.241 e. The van der Waals surface area contributed by atoms with Crippen LogP contribution < -0.4 is 0 Å². The predicted octanol–water partition coefficient (Wildman–Crippen LogP) is 0.717. The summed E-state index contributed by atoms with van der Waals surface area (Å²) in [6, 6.07) is 0.122. The number of carbonyl (C=O) groups is 1. The van der Waals surface area contributed by atoms with Gasteiger partial charge in [0.25, 0.3) is 0 Å². The van der Waals surface area contributed by atoms with E-state index < -0.39 is 15.1 Å². The minimum atomic E-state index is -3.29. The maximum atomic E-state index is 12.5. The highest BCUT2D eigenvalue weighted by Crippen LogP contribution is 2.27. The van der Waals surface area contributed by atoms with E-state index in [9.17, 15) is 13.2 Å². The number of aliphatic hydroxyl groups is 1. The second-order valence-electron chi connectivity index (χ2n) is 5.54. The number of carbonyl (C=O) groups excluding carboxylic acids is 1. The molecule has 19 heavy (non-hydrogen) atoms. The Hall–Kier alpha value is -0.620. The van der Waals surface area contributed by atoms with Crippen molar-refractivity contribution in [2.75, 3.05) is 18.9 Å². The molecule has 1 unspecified atom stereocenters. The number of aliphatic hydroxyl groups excluding tert-OH is 1. The zero-order valence-corrected chi connectivity index (χ0v) is 12.1. The fourth-order valence-corrected chi connectivity index (χ4v) is 5.07. The topological polar surface area (TPSA) is 74.7 Å². The highest BCUT2D eigenvalue weighted by molar-refractivity contribution is 7.92. The minimum Gasteiger partial charge on any atom is -0.395 e. The molecule has 6 heteroatoms. The van der Waals surface area contributed by atoms with Crippen LogP contribution in [0, 0.1) is 0 Å². The van der Waals surface area contributed by atoms with Crippen molar-refractivity contribution in [3.8, 4) is 0 Å². The van der Waals surface area contributed by atoms with Crippen LogP contribution in [0.5, 0.6) is 0 Å². The van der Waals surface area contributed by atoms with Crippen molar-refractivity contribution in [2.24, 2.45) is 0 Å². The number of nitrogens with zero attached hydrogens (tertiary/aromatic N) is 1. The van der Waals surface area contributed by atoms with Crippen LogP contribution >= 0.6 is 0 Å². The standard InChI is InChI=1S/C13H23NO4S/c15-9-8-14(11-5-1-2-6-11)13(16)12-7-3-4-10-19(12,17)18/h11-12,15H,1-10H2. The van der Waals surface area contributed by atoms with Gasteiger partial charge in [0.15, 0.2) is 9.84 Å². The smallest absolute Gasteiger partial charge is 0.241 e. The Kier molecular flexibility index (Phi) is 4.84. The molecule has 1 saturated carbocycles. The monoisotopic (exact) mass is 289 g/mol. The summed E-state index contributed by atoms with van der Waals surface area (Å²) in [6.45, 7) is 0.157. The summed E-state index contributed by atoms with van der Waals surface area (Å²) in [4.78, 5) is 14.2. The van der Waals surface area contributed by atoms with Gasteiger partial charge in [-0.15, -0.1) is 0 Å². The number of hydrogen-bond donors (Lipinski definition) is 1. The predicted molar refractivity (Wildman–Crippen MR) is 72.5 cm³/mol. The largest absolute Gasteiger partial charge is 0.395 e. The van der Waals surface area contributed by atoms with E-state index in [-0.39, 0.29) is 30.9 Å². The van der Waals surface area contributed by atoms with Crippen molar-refractivity contribution in [1.29, 1.82) is 0 Å². The molecular weight excluding hydrogens is 266 g/mol. The van der Waals surface area contributed by atoms with E-state index in [4.69, 9.17) is 5.11 Å². The summed E-state index contributed by atoms with van der Waals surface area (Å²) >= 11 is 0. The average Bonchev–Trinajstić information content (AvgIpc) is 2.88. The van der Waals surface area contributed by atoms with Gasteiger partial charge in [-0.1, -0.05) is 19.3 Å².